The predicted octanol–water partition coefficient (Wildman–Crippen LogP) is 3.41. The summed E-state index contributed by atoms with van der Waals surface area (Å²) >= 11 is 0. The van der Waals surface area contributed by atoms with Crippen molar-refractivity contribution in [1.29, 1.82) is 0 Å². The molecule has 4 rings (SSSR count). The number of hydrogen-bond acceptors (Lipinski definition) is 5. The van der Waals surface area contributed by atoms with Crippen molar-refractivity contribution in [1.82, 2.24) is 19.8 Å². The van der Waals surface area contributed by atoms with Crippen molar-refractivity contribution in [3.8, 4) is 5.75 Å². The van der Waals surface area contributed by atoms with Crippen LogP contribution >= 0.6 is 0 Å². The van der Waals surface area contributed by atoms with Gasteiger partial charge >= 0.3 is 0 Å². The van der Waals surface area contributed by atoms with Gasteiger partial charge in [0.25, 0.3) is 0 Å². The third kappa shape index (κ3) is 5.51. The van der Waals surface area contributed by atoms with E-state index in [0.29, 0.717) is 12.4 Å². The van der Waals surface area contributed by atoms with Crippen molar-refractivity contribution in [2.45, 2.75) is 70.5 Å². The lowest BCUT2D eigenvalue weighted by molar-refractivity contribution is -0.118. The van der Waals surface area contributed by atoms with E-state index < -0.39 is 0 Å². The fourth-order valence-electron chi connectivity index (χ4n) is 4.80. The SMILES string of the molecule is CCC[C@H](NC1COc2ccccc2C1)C(=O)Nc1cn(C(C)(C)CN2CCCC2)cn1. The zero-order valence-electron chi connectivity index (χ0n) is 19.6. The molecule has 0 bridgehead atoms. The number of likely N-dealkylation sites (tertiary alicyclic amines) is 1. The van der Waals surface area contributed by atoms with Gasteiger partial charge in [-0.3, -0.25) is 10.1 Å². The summed E-state index contributed by atoms with van der Waals surface area (Å²) in [5.74, 6) is 1.52. The van der Waals surface area contributed by atoms with E-state index in [1.165, 1.54) is 31.5 Å². The molecule has 0 radical (unpaired) electrons. The Morgan fingerprint density at radius 2 is 2.06 bits per heavy atom. The molecule has 2 aliphatic rings. The van der Waals surface area contributed by atoms with Gasteiger partial charge in [-0.2, -0.15) is 0 Å². The summed E-state index contributed by atoms with van der Waals surface area (Å²) in [6.07, 6.45) is 8.91. The molecule has 2 atom stereocenters. The Hall–Kier alpha value is -2.38. The molecule has 1 aromatic carbocycles. The van der Waals surface area contributed by atoms with E-state index in [4.69, 9.17) is 4.74 Å². The van der Waals surface area contributed by atoms with Gasteiger partial charge in [0.15, 0.2) is 5.82 Å². The summed E-state index contributed by atoms with van der Waals surface area (Å²) in [5.41, 5.74) is 1.11. The van der Waals surface area contributed by atoms with Crippen molar-refractivity contribution >= 4 is 11.7 Å². The molecule has 3 heterocycles. The topological polar surface area (TPSA) is 71.4 Å². The van der Waals surface area contributed by atoms with Crippen LogP contribution in [-0.2, 0) is 16.8 Å². The van der Waals surface area contributed by atoms with Crippen molar-refractivity contribution in [2.75, 3.05) is 31.6 Å². The predicted molar refractivity (Wildman–Crippen MR) is 127 cm³/mol. The second-order valence-electron chi connectivity index (χ2n) is 9.78. The van der Waals surface area contributed by atoms with Gasteiger partial charge < -0.3 is 19.5 Å². The Morgan fingerprint density at radius 3 is 2.84 bits per heavy atom. The highest BCUT2D eigenvalue weighted by Crippen LogP contribution is 2.25. The molecule has 1 saturated heterocycles. The number of para-hydroxylation sites is 1. The molecule has 1 unspecified atom stereocenters. The van der Waals surface area contributed by atoms with E-state index in [0.717, 1.165) is 31.6 Å². The average molecular weight is 440 g/mol. The van der Waals surface area contributed by atoms with Gasteiger partial charge in [0.05, 0.1) is 17.9 Å². The Bertz CT molecular complexity index is 903. The van der Waals surface area contributed by atoms with Crippen LogP contribution in [0.5, 0.6) is 5.75 Å². The van der Waals surface area contributed by atoms with Crippen molar-refractivity contribution in [3.63, 3.8) is 0 Å². The quantitative estimate of drug-likeness (QED) is 0.627. The number of nitrogens with zero attached hydrogens (tertiary/aromatic N) is 3. The molecule has 2 aliphatic heterocycles. The summed E-state index contributed by atoms with van der Waals surface area (Å²) < 4.78 is 8.01. The first-order valence-electron chi connectivity index (χ1n) is 12.0. The molecule has 0 spiro atoms. The first-order valence-corrected chi connectivity index (χ1v) is 12.0. The maximum absolute atomic E-state index is 13.1. The number of ether oxygens (including phenoxy) is 1. The Morgan fingerprint density at radius 1 is 1.28 bits per heavy atom. The second-order valence-corrected chi connectivity index (χ2v) is 9.78. The Labute approximate surface area is 191 Å². The van der Waals surface area contributed by atoms with Crippen LogP contribution in [0.3, 0.4) is 0 Å². The highest BCUT2D eigenvalue weighted by molar-refractivity contribution is 5.94. The van der Waals surface area contributed by atoms with Crippen LogP contribution in [0.4, 0.5) is 5.82 Å². The van der Waals surface area contributed by atoms with E-state index in [2.05, 4.69) is 51.9 Å². The fourth-order valence-corrected chi connectivity index (χ4v) is 4.80. The smallest absolute Gasteiger partial charge is 0.242 e. The number of benzene rings is 1. The van der Waals surface area contributed by atoms with E-state index in [-0.39, 0.29) is 23.5 Å². The van der Waals surface area contributed by atoms with Gasteiger partial charge in [-0.25, -0.2) is 4.98 Å². The molecule has 2 aromatic rings. The molecule has 7 nitrogen and oxygen atoms in total. The molecule has 1 aromatic heterocycles. The fraction of sp³-hybridized carbons (Fsp3) is 0.600. The molecule has 0 saturated carbocycles. The van der Waals surface area contributed by atoms with Crippen molar-refractivity contribution < 1.29 is 9.53 Å². The number of anilines is 1. The molecular weight excluding hydrogens is 402 g/mol. The van der Waals surface area contributed by atoms with Crippen LogP contribution in [0, 0.1) is 0 Å². The van der Waals surface area contributed by atoms with E-state index in [9.17, 15) is 4.79 Å². The highest BCUT2D eigenvalue weighted by atomic mass is 16.5. The zero-order valence-corrected chi connectivity index (χ0v) is 19.6. The van der Waals surface area contributed by atoms with Gasteiger partial charge in [0, 0.05) is 18.8 Å². The Balaban J connectivity index is 1.36. The number of aromatic nitrogens is 2. The summed E-state index contributed by atoms with van der Waals surface area (Å²) in [6, 6.07) is 7.96. The summed E-state index contributed by atoms with van der Waals surface area (Å²) in [6.45, 7) is 10.4. The van der Waals surface area contributed by atoms with Gasteiger partial charge in [-0.15, -0.1) is 0 Å². The normalized spacial score (nSPS) is 19.9. The molecule has 0 aliphatic carbocycles. The van der Waals surface area contributed by atoms with E-state index in [1.54, 1.807) is 0 Å². The van der Waals surface area contributed by atoms with Crippen LogP contribution in [0.25, 0.3) is 0 Å². The van der Waals surface area contributed by atoms with Crippen LogP contribution in [0.2, 0.25) is 0 Å². The molecule has 2 N–H and O–H groups in total. The first kappa shape index (κ1) is 22.8. The van der Waals surface area contributed by atoms with Crippen molar-refractivity contribution in [2.24, 2.45) is 0 Å². The highest BCUT2D eigenvalue weighted by Gasteiger charge is 2.28. The third-order valence-corrected chi connectivity index (χ3v) is 6.55. The van der Waals surface area contributed by atoms with E-state index in [1.807, 2.05) is 30.7 Å². The molecule has 32 heavy (non-hydrogen) atoms. The monoisotopic (exact) mass is 439 g/mol. The van der Waals surface area contributed by atoms with Gasteiger partial charge in [-0.1, -0.05) is 31.5 Å². The number of amides is 1. The minimum absolute atomic E-state index is 0.0340. The largest absolute Gasteiger partial charge is 0.492 e. The first-order chi connectivity index (χ1) is 15.4. The lowest BCUT2D eigenvalue weighted by Gasteiger charge is -2.31. The number of fused-ring (bicyclic) bond motifs is 1. The molecule has 1 fully saturated rings. The number of rotatable bonds is 9. The van der Waals surface area contributed by atoms with Crippen molar-refractivity contribution in [3.05, 3.63) is 42.4 Å². The van der Waals surface area contributed by atoms with Crippen LogP contribution in [0.1, 0.15) is 52.0 Å². The van der Waals surface area contributed by atoms with Gasteiger partial charge in [0.1, 0.15) is 12.4 Å². The standard InChI is InChI=1S/C25H37N5O2/c1-4-9-21(27-20-14-19-10-5-6-11-22(19)32-16-20)24(31)28-23-15-30(18-26-23)25(2,3)17-29-12-7-8-13-29/h5-6,10-11,15,18,20-21,27H,4,7-9,12-14,16-17H2,1-3H3,(H,28,31)/t20?,21-/m0/s1. The Kier molecular flexibility index (Phi) is 7.16. The molecule has 1 amide bonds. The minimum Gasteiger partial charge on any atom is -0.492 e. The molecule has 7 heteroatoms. The van der Waals surface area contributed by atoms with Crippen LogP contribution in [0.15, 0.2) is 36.8 Å². The van der Waals surface area contributed by atoms with E-state index >= 15 is 0 Å². The maximum atomic E-state index is 13.1. The maximum Gasteiger partial charge on any atom is 0.242 e. The molecular formula is C25H37N5O2. The minimum atomic E-state index is -0.276. The summed E-state index contributed by atoms with van der Waals surface area (Å²) in [4.78, 5) is 20.1. The summed E-state index contributed by atoms with van der Waals surface area (Å²) in [7, 11) is 0. The van der Waals surface area contributed by atoms with Gasteiger partial charge in [0.2, 0.25) is 5.91 Å². The van der Waals surface area contributed by atoms with Crippen LogP contribution < -0.4 is 15.4 Å². The number of carbonyl (C=O) groups excluding carboxylic acids is 1. The number of nitrogens with one attached hydrogen (secondary N) is 2. The van der Waals surface area contributed by atoms with Gasteiger partial charge in [-0.05, 0) is 64.3 Å². The number of carbonyl (C=O) groups is 1. The average Bonchev–Trinajstić information content (AvgIpc) is 3.45. The lowest BCUT2D eigenvalue weighted by Crippen LogP contribution is -2.50. The summed E-state index contributed by atoms with van der Waals surface area (Å²) in [5, 5.41) is 6.56. The second kappa shape index (κ2) is 10.0. The lowest BCUT2D eigenvalue weighted by atomic mass is 10.0. The molecule has 174 valence electrons. The zero-order chi connectivity index (χ0) is 22.6. The third-order valence-electron chi connectivity index (χ3n) is 6.55. The number of imidazole rings is 1. The number of hydrogen-bond donors (Lipinski definition) is 2. The van der Waals surface area contributed by atoms with Crippen LogP contribution in [-0.4, -0.2) is 58.7 Å².